The van der Waals surface area contributed by atoms with E-state index in [1.807, 2.05) is 13.8 Å². The standard InChI is InChI=1S/C28H25N3.C2H6/c1-17-10-8-11-18(2)24(17)26-22(16-29)30-27-25-20(13-9-14-21(25)28(3,4)5)19-12-6-7-15-23(19)31(26)27;1-2/h6-15H,1-5H3;1-2H3. The van der Waals surface area contributed by atoms with E-state index in [1.54, 1.807) is 0 Å². The third-order valence-corrected chi connectivity index (χ3v) is 6.23. The lowest BCUT2D eigenvalue weighted by atomic mass is 9.83. The Labute approximate surface area is 196 Å². The molecule has 5 aromatic rings. The molecule has 0 aliphatic carbocycles. The summed E-state index contributed by atoms with van der Waals surface area (Å²) in [6.07, 6.45) is 0. The molecule has 2 aromatic heterocycles. The molecule has 3 heteroatoms. The first-order valence-electron chi connectivity index (χ1n) is 11.7. The van der Waals surface area contributed by atoms with Gasteiger partial charge in [0.15, 0.2) is 5.69 Å². The number of benzene rings is 3. The van der Waals surface area contributed by atoms with E-state index < -0.39 is 0 Å². The Morgan fingerprint density at radius 2 is 1.42 bits per heavy atom. The van der Waals surface area contributed by atoms with Gasteiger partial charge in [0.05, 0.1) is 11.2 Å². The minimum atomic E-state index is -0.0556. The van der Waals surface area contributed by atoms with Gasteiger partial charge in [0, 0.05) is 16.3 Å². The summed E-state index contributed by atoms with van der Waals surface area (Å²) >= 11 is 0. The summed E-state index contributed by atoms with van der Waals surface area (Å²) in [5, 5.41) is 13.6. The molecule has 0 amide bonds. The summed E-state index contributed by atoms with van der Waals surface area (Å²) in [6, 6.07) is 23.6. The van der Waals surface area contributed by atoms with Crippen LogP contribution in [0.25, 0.3) is 38.6 Å². The van der Waals surface area contributed by atoms with Crippen molar-refractivity contribution >= 4 is 27.3 Å². The monoisotopic (exact) mass is 433 g/mol. The van der Waals surface area contributed by atoms with Gasteiger partial charge in [0.2, 0.25) is 0 Å². The van der Waals surface area contributed by atoms with Crippen molar-refractivity contribution in [1.29, 1.82) is 5.26 Å². The van der Waals surface area contributed by atoms with E-state index in [2.05, 4.69) is 106 Å². The maximum atomic E-state index is 10.1. The SMILES string of the molecule is CC.Cc1cccc(C)c1-c1c(C#N)nc2c3c(C(C)(C)C)cccc3c3ccccc3n12. The number of imidazole rings is 1. The number of fused-ring (bicyclic) bond motifs is 6. The molecule has 0 spiro atoms. The normalized spacial score (nSPS) is 11.5. The zero-order chi connectivity index (χ0) is 23.9. The first kappa shape index (κ1) is 22.6. The van der Waals surface area contributed by atoms with Crippen molar-refractivity contribution in [3.63, 3.8) is 0 Å². The molecular formula is C30H31N3. The molecular weight excluding hydrogens is 402 g/mol. The summed E-state index contributed by atoms with van der Waals surface area (Å²) < 4.78 is 2.21. The lowest BCUT2D eigenvalue weighted by Gasteiger charge is -2.23. The first-order valence-corrected chi connectivity index (χ1v) is 11.7. The Morgan fingerprint density at radius 3 is 2.06 bits per heavy atom. The zero-order valence-corrected chi connectivity index (χ0v) is 20.6. The van der Waals surface area contributed by atoms with Crippen molar-refractivity contribution in [2.75, 3.05) is 0 Å². The van der Waals surface area contributed by atoms with E-state index in [-0.39, 0.29) is 5.41 Å². The van der Waals surface area contributed by atoms with Gasteiger partial charge in [0.25, 0.3) is 0 Å². The fraction of sp³-hybridized carbons (Fsp3) is 0.267. The molecule has 3 aromatic carbocycles. The third kappa shape index (κ3) is 3.47. The number of hydrogen-bond acceptors (Lipinski definition) is 2. The van der Waals surface area contributed by atoms with Crippen molar-refractivity contribution in [2.45, 2.75) is 53.9 Å². The first-order chi connectivity index (χ1) is 15.8. The second-order valence-corrected chi connectivity index (χ2v) is 9.34. The summed E-state index contributed by atoms with van der Waals surface area (Å²) in [5.41, 5.74) is 7.84. The van der Waals surface area contributed by atoms with Crippen LogP contribution in [-0.2, 0) is 5.41 Å². The van der Waals surface area contributed by atoms with E-state index >= 15 is 0 Å². The molecule has 0 saturated heterocycles. The van der Waals surface area contributed by atoms with Gasteiger partial charge < -0.3 is 0 Å². The van der Waals surface area contributed by atoms with E-state index in [0.29, 0.717) is 5.69 Å². The second kappa shape index (κ2) is 8.37. The van der Waals surface area contributed by atoms with Gasteiger partial charge >= 0.3 is 0 Å². The van der Waals surface area contributed by atoms with Crippen LogP contribution >= 0.6 is 0 Å². The van der Waals surface area contributed by atoms with Crippen molar-refractivity contribution in [3.05, 3.63) is 83.0 Å². The number of nitrogens with zero attached hydrogens (tertiary/aromatic N) is 3. The lowest BCUT2D eigenvalue weighted by Crippen LogP contribution is -2.12. The number of rotatable bonds is 1. The van der Waals surface area contributed by atoms with E-state index in [9.17, 15) is 5.26 Å². The summed E-state index contributed by atoms with van der Waals surface area (Å²) in [6.45, 7) is 14.9. The average Bonchev–Trinajstić information content (AvgIpc) is 3.19. The second-order valence-electron chi connectivity index (χ2n) is 9.34. The molecule has 0 saturated carbocycles. The molecule has 0 fully saturated rings. The fourth-order valence-corrected chi connectivity index (χ4v) is 4.86. The highest BCUT2D eigenvalue weighted by Gasteiger charge is 2.25. The Hall–Kier alpha value is -3.64. The zero-order valence-electron chi connectivity index (χ0n) is 20.6. The molecule has 3 nitrogen and oxygen atoms in total. The van der Waals surface area contributed by atoms with E-state index in [0.717, 1.165) is 38.9 Å². The highest BCUT2D eigenvalue weighted by molar-refractivity contribution is 6.14. The number of para-hydroxylation sites is 1. The molecule has 0 atom stereocenters. The highest BCUT2D eigenvalue weighted by Crippen LogP contribution is 2.40. The van der Waals surface area contributed by atoms with Crippen molar-refractivity contribution < 1.29 is 0 Å². The van der Waals surface area contributed by atoms with Crippen molar-refractivity contribution in [2.24, 2.45) is 0 Å². The fourth-order valence-electron chi connectivity index (χ4n) is 4.86. The number of aryl methyl sites for hydroxylation is 2. The predicted octanol–water partition coefficient (Wildman–Crippen LogP) is 8.12. The minimum Gasteiger partial charge on any atom is -0.290 e. The van der Waals surface area contributed by atoms with Crippen LogP contribution in [0.2, 0.25) is 0 Å². The summed E-state index contributed by atoms with van der Waals surface area (Å²) in [4.78, 5) is 4.94. The van der Waals surface area contributed by atoms with Crippen LogP contribution in [0, 0.1) is 25.2 Å². The van der Waals surface area contributed by atoms with Crippen LogP contribution in [0.5, 0.6) is 0 Å². The molecule has 33 heavy (non-hydrogen) atoms. The van der Waals surface area contributed by atoms with Crippen LogP contribution in [-0.4, -0.2) is 9.38 Å². The largest absolute Gasteiger partial charge is 0.290 e. The maximum Gasteiger partial charge on any atom is 0.167 e. The number of pyridine rings is 1. The summed E-state index contributed by atoms with van der Waals surface area (Å²) in [7, 11) is 0. The van der Waals surface area contributed by atoms with Gasteiger partial charge in [0.1, 0.15) is 11.7 Å². The lowest BCUT2D eigenvalue weighted by molar-refractivity contribution is 0.596. The van der Waals surface area contributed by atoms with Crippen LogP contribution in [0.15, 0.2) is 60.7 Å². The van der Waals surface area contributed by atoms with Gasteiger partial charge in [-0.2, -0.15) is 5.26 Å². The molecule has 0 radical (unpaired) electrons. The highest BCUT2D eigenvalue weighted by atomic mass is 15.0. The number of nitriles is 1. The Balaban J connectivity index is 0.00000126. The van der Waals surface area contributed by atoms with Crippen LogP contribution in [0.3, 0.4) is 0 Å². The van der Waals surface area contributed by atoms with Gasteiger partial charge in [-0.15, -0.1) is 0 Å². The molecule has 0 N–H and O–H groups in total. The predicted molar refractivity (Wildman–Crippen MR) is 140 cm³/mol. The van der Waals surface area contributed by atoms with Gasteiger partial charge in [-0.25, -0.2) is 4.98 Å². The minimum absolute atomic E-state index is 0.0556. The molecule has 2 heterocycles. The van der Waals surface area contributed by atoms with Crippen LogP contribution in [0.4, 0.5) is 0 Å². The Morgan fingerprint density at radius 1 is 0.818 bits per heavy atom. The summed E-state index contributed by atoms with van der Waals surface area (Å²) in [5.74, 6) is 0. The molecule has 166 valence electrons. The molecule has 5 rings (SSSR count). The van der Waals surface area contributed by atoms with E-state index in [1.165, 1.54) is 16.3 Å². The molecule has 0 aliphatic heterocycles. The molecule has 0 bridgehead atoms. The Bertz CT molecular complexity index is 1520. The Kier molecular flexibility index (Phi) is 5.72. The number of hydrogen-bond donors (Lipinski definition) is 0. The molecule has 0 aliphatic rings. The van der Waals surface area contributed by atoms with Gasteiger partial charge in [-0.05, 0) is 47.4 Å². The topological polar surface area (TPSA) is 41.1 Å². The van der Waals surface area contributed by atoms with Gasteiger partial charge in [-0.1, -0.05) is 89.2 Å². The van der Waals surface area contributed by atoms with Crippen LogP contribution in [0.1, 0.15) is 57.0 Å². The van der Waals surface area contributed by atoms with E-state index in [4.69, 9.17) is 4.98 Å². The van der Waals surface area contributed by atoms with Crippen LogP contribution < -0.4 is 0 Å². The average molecular weight is 434 g/mol. The van der Waals surface area contributed by atoms with Crippen molar-refractivity contribution in [1.82, 2.24) is 9.38 Å². The third-order valence-electron chi connectivity index (χ3n) is 6.23. The van der Waals surface area contributed by atoms with Gasteiger partial charge in [-0.3, -0.25) is 4.40 Å². The molecule has 0 unspecified atom stereocenters. The quantitative estimate of drug-likeness (QED) is 0.250. The maximum absolute atomic E-state index is 10.1. The number of aromatic nitrogens is 2. The smallest absolute Gasteiger partial charge is 0.167 e. The van der Waals surface area contributed by atoms with Crippen molar-refractivity contribution in [3.8, 4) is 17.3 Å².